The number of carbonyl (C=O) groups excluding carboxylic acids is 3. The highest BCUT2D eigenvalue weighted by atomic mass is 32.2. The molecule has 206 valence electrons. The molecule has 0 saturated carbocycles. The number of nitrogens with zero attached hydrogens (tertiary/aromatic N) is 6. The number of thioether (sulfide) groups is 1. The summed E-state index contributed by atoms with van der Waals surface area (Å²) in [5, 5.41) is 27.5. The highest BCUT2D eigenvalue weighted by Gasteiger charge is 2.60. The van der Waals surface area contributed by atoms with Crippen molar-refractivity contribution in [1.82, 2.24) is 40.6 Å². The van der Waals surface area contributed by atoms with E-state index in [1.165, 1.54) is 27.7 Å². The molecular weight excluding hydrogens is 512 g/mol. The van der Waals surface area contributed by atoms with E-state index in [1.54, 1.807) is 0 Å². The Hall–Kier alpha value is -2.84. The molecule has 1 aromatic heterocycles. The molecule has 5 heterocycles. The fourth-order valence-corrected chi connectivity index (χ4v) is 7.68. The Bertz CT molecular complexity index is 1120. The molecular formula is C24H34N8O5S. The van der Waals surface area contributed by atoms with Gasteiger partial charge in [0, 0.05) is 48.7 Å². The van der Waals surface area contributed by atoms with Crippen LogP contribution in [0.25, 0.3) is 0 Å². The van der Waals surface area contributed by atoms with E-state index in [2.05, 4.69) is 26.2 Å². The molecule has 1 aromatic rings. The predicted molar refractivity (Wildman–Crippen MR) is 136 cm³/mol. The molecule has 5 rings (SSSR count). The van der Waals surface area contributed by atoms with Crippen molar-refractivity contribution >= 4 is 35.3 Å². The van der Waals surface area contributed by atoms with E-state index >= 15 is 0 Å². The second-order valence-corrected chi connectivity index (χ2v) is 12.0. The maximum atomic E-state index is 13.2. The second-order valence-electron chi connectivity index (χ2n) is 10.6. The van der Waals surface area contributed by atoms with Crippen molar-refractivity contribution in [2.75, 3.05) is 32.7 Å². The number of hydrogen-bond donors (Lipinski definition) is 3. The zero-order valence-electron chi connectivity index (χ0n) is 21.6. The standard InChI is InChI=1S/C24H34N8O5S/c1-13(8-15(33)11-31-12-27-28-29-31)18-19-14(2)21(20(24(36)37)32(19)23(18)35)38-16-9-17(26-10-16)22(34)30-6-3-4-25-5-7-30/h12-14,16-19,25-26H,3-11H2,1-2H3,(H,36,37)/t13-,14+,16-,17-,18+,19+/m0/s1. The number of rotatable bonds is 9. The fraction of sp³-hybridized carbons (Fsp3) is 0.708. The summed E-state index contributed by atoms with van der Waals surface area (Å²) >= 11 is 1.48. The van der Waals surface area contributed by atoms with Crippen molar-refractivity contribution in [3.05, 3.63) is 16.9 Å². The van der Waals surface area contributed by atoms with Gasteiger partial charge in [0.2, 0.25) is 11.8 Å². The lowest BCUT2D eigenvalue weighted by atomic mass is 9.73. The average Bonchev–Trinajstić information content (AvgIpc) is 3.54. The van der Waals surface area contributed by atoms with Crippen LogP contribution in [0.5, 0.6) is 0 Å². The molecule has 2 amide bonds. The first kappa shape index (κ1) is 26.8. The third kappa shape index (κ3) is 5.08. The summed E-state index contributed by atoms with van der Waals surface area (Å²) in [6, 6.07) is -0.572. The van der Waals surface area contributed by atoms with Crippen molar-refractivity contribution in [3.8, 4) is 0 Å². The number of ketones is 1. The molecule has 0 aliphatic carbocycles. The Balaban J connectivity index is 1.23. The van der Waals surface area contributed by atoms with E-state index in [4.69, 9.17) is 0 Å². The van der Waals surface area contributed by atoms with E-state index in [9.17, 15) is 24.3 Å². The van der Waals surface area contributed by atoms with Gasteiger partial charge in [0.1, 0.15) is 18.6 Å². The number of hydrogen-bond acceptors (Lipinski definition) is 10. The average molecular weight is 547 g/mol. The van der Waals surface area contributed by atoms with Crippen LogP contribution in [-0.4, -0.2) is 109 Å². The first-order chi connectivity index (χ1) is 18.3. The number of tetrazole rings is 1. The quantitative estimate of drug-likeness (QED) is 0.337. The Morgan fingerprint density at radius 3 is 2.82 bits per heavy atom. The maximum Gasteiger partial charge on any atom is 0.353 e. The summed E-state index contributed by atoms with van der Waals surface area (Å²) in [6.45, 7) is 7.58. The summed E-state index contributed by atoms with van der Waals surface area (Å²) < 4.78 is 1.35. The smallest absolute Gasteiger partial charge is 0.353 e. The minimum Gasteiger partial charge on any atom is -0.477 e. The normalized spacial score (nSPS) is 30.2. The Morgan fingerprint density at radius 2 is 2.08 bits per heavy atom. The lowest BCUT2D eigenvalue weighted by molar-refractivity contribution is -0.160. The molecule has 3 saturated heterocycles. The number of carboxylic acids is 1. The summed E-state index contributed by atoms with van der Waals surface area (Å²) in [4.78, 5) is 55.1. The van der Waals surface area contributed by atoms with Gasteiger partial charge in [-0.2, -0.15) is 0 Å². The van der Waals surface area contributed by atoms with Crippen molar-refractivity contribution in [3.63, 3.8) is 0 Å². The number of carboxylic acid groups (broad SMARTS) is 1. The first-order valence-corrected chi connectivity index (χ1v) is 14.1. The fourth-order valence-electron chi connectivity index (χ4n) is 6.20. The van der Waals surface area contributed by atoms with E-state index in [0.717, 1.165) is 26.1 Å². The lowest BCUT2D eigenvalue weighted by Crippen LogP contribution is -2.62. The number of amides is 2. The van der Waals surface area contributed by atoms with Crippen molar-refractivity contribution in [2.45, 2.75) is 57.0 Å². The number of aliphatic carboxylic acids is 1. The van der Waals surface area contributed by atoms with Crippen molar-refractivity contribution in [2.24, 2.45) is 17.8 Å². The zero-order valence-corrected chi connectivity index (χ0v) is 22.4. The minimum atomic E-state index is -1.12. The van der Waals surface area contributed by atoms with Crippen LogP contribution in [0.4, 0.5) is 0 Å². The third-order valence-electron chi connectivity index (χ3n) is 8.02. The Labute approximate surface area is 224 Å². The lowest BCUT2D eigenvalue weighted by Gasteiger charge is -2.47. The van der Waals surface area contributed by atoms with Crippen molar-refractivity contribution in [1.29, 1.82) is 0 Å². The molecule has 38 heavy (non-hydrogen) atoms. The maximum absolute atomic E-state index is 13.2. The Kier molecular flexibility index (Phi) is 7.82. The van der Waals surface area contributed by atoms with E-state index in [-0.39, 0.29) is 65.4 Å². The van der Waals surface area contributed by atoms with Gasteiger partial charge in [-0.1, -0.05) is 13.8 Å². The molecule has 4 aliphatic rings. The SMILES string of the molecule is C[C@@H](CC(=O)Cn1cnnn1)[C@H]1C(=O)N2C(C(=O)O)=C(S[C@@H]3CN[C@H](C(=O)N4CCCNCC4)C3)[C@H](C)[C@H]12. The summed E-state index contributed by atoms with van der Waals surface area (Å²) in [7, 11) is 0. The van der Waals surface area contributed by atoms with Crippen LogP contribution in [0.15, 0.2) is 16.9 Å². The van der Waals surface area contributed by atoms with Gasteiger partial charge in [0.25, 0.3) is 0 Å². The van der Waals surface area contributed by atoms with Crippen LogP contribution in [0, 0.1) is 17.8 Å². The van der Waals surface area contributed by atoms with E-state index in [0.29, 0.717) is 24.4 Å². The van der Waals surface area contributed by atoms with Crippen LogP contribution in [0.1, 0.15) is 33.1 Å². The van der Waals surface area contributed by atoms with Crippen LogP contribution in [0.3, 0.4) is 0 Å². The number of β-lactam (4-membered cyclic amide) rings is 1. The molecule has 3 N–H and O–H groups in total. The highest BCUT2D eigenvalue weighted by molar-refractivity contribution is 8.03. The highest BCUT2D eigenvalue weighted by Crippen LogP contribution is 2.53. The summed E-state index contributed by atoms with van der Waals surface area (Å²) in [6.07, 6.45) is 3.09. The molecule has 0 spiro atoms. The summed E-state index contributed by atoms with van der Waals surface area (Å²) in [5.41, 5.74) is 0.0503. The van der Waals surface area contributed by atoms with E-state index < -0.39 is 11.9 Å². The number of carbonyl (C=O) groups is 4. The largest absolute Gasteiger partial charge is 0.477 e. The van der Waals surface area contributed by atoms with Gasteiger partial charge >= 0.3 is 5.97 Å². The number of nitrogens with one attached hydrogen (secondary N) is 2. The molecule has 0 aromatic carbocycles. The van der Waals surface area contributed by atoms with Gasteiger partial charge in [-0.15, -0.1) is 16.9 Å². The number of Topliss-reactive ketones (excluding diaryl/α,β-unsaturated/α-hetero) is 1. The van der Waals surface area contributed by atoms with Crippen LogP contribution in [-0.2, 0) is 25.7 Å². The molecule has 14 heteroatoms. The first-order valence-electron chi connectivity index (χ1n) is 13.2. The van der Waals surface area contributed by atoms with Crippen LogP contribution >= 0.6 is 11.8 Å². The third-order valence-corrected chi connectivity index (χ3v) is 9.53. The van der Waals surface area contributed by atoms with Gasteiger partial charge in [0.15, 0.2) is 5.78 Å². The molecule has 0 unspecified atom stereocenters. The molecule has 0 bridgehead atoms. The van der Waals surface area contributed by atoms with Crippen LogP contribution in [0.2, 0.25) is 0 Å². The monoisotopic (exact) mass is 546 g/mol. The molecule has 13 nitrogen and oxygen atoms in total. The van der Waals surface area contributed by atoms with Crippen molar-refractivity contribution < 1.29 is 24.3 Å². The molecule has 0 radical (unpaired) electrons. The number of fused-ring (bicyclic) bond motifs is 1. The summed E-state index contributed by atoms with van der Waals surface area (Å²) in [5.74, 6) is -2.19. The van der Waals surface area contributed by atoms with Crippen LogP contribution < -0.4 is 10.6 Å². The topological polar surface area (TPSA) is 163 Å². The van der Waals surface area contributed by atoms with Gasteiger partial charge in [-0.25, -0.2) is 9.48 Å². The molecule has 3 fully saturated rings. The van der Waals surface area contributed by atoms with Gasteiger partial charge in [0.05, 0.1) is 18.0 Å². The zero-order chi connectivity index (χ0) is 27.0. The van der Waals surface area contributed by atoms with Gasteiger partial charge in [-0.3, -0.25) is 14.4 Å². The second kappa shape index (κ2) is 11.1. The predicted octanol–water partition coefficient (Wildman–Crippen LogP) is -0.673. The minimum absolute atomic E-state index is 0.0309. The molecule has 4 aliphatic heterocycles. The number of aromatic nitrogens is 4. The Morgan fingerprint density at radius 1 is 1.26 bits per heavy atom. The molecule has 6 atom stereocenters. The van der Waals surface area contributed by atoms with Gasteiger partial charge in [-0.05, 0) is 35.7 Å². The van der Waals surface area contributed by atoms with E-state index in [1.807, 2.05) is 18.7 Å². The van der Waals surface area contributed by atoms with Gasteiger partial charge < -0.3 is 25.5 Å².